The highest BCUT2D eigenvalue weighted by Gasteiger charge is 2.62. The molecule has 124 valence electrons. The van der Waals surface area contributed by atoms with Crippen LogP contribution in [0, 0.1) is 17.3 Å². The van der Waals surface area contributed by atoms with Gasteiger partial charge in [-0.15, -0.1) is 0 Å². The van der Waals surface area contributed by atoms with Crippen molar-refractivity contribution in [2.24, 2.45) is 17.3 Å². The largest absolute Gasteiger partial charge is 0.458 e. The van der Waals surface area contributed by atoms with E-state index in [1.165, 1.54) is 0 Å². The van der Waals surface area contributed by atoms with Crippen LogP contribution in [0.15, 0.2) is 12.7 Å². The minimum absolute atomic E-state index is 0.0640. The molecule has 22 heavy (non-hydrogen) atoms. The average Bonchev–Trinajstić information content (AvgIpc) is 2.83. The van der Waals surface area contributed by atoms with Crippen LogP contribution in [-0.4, -0.2) is 39.4 Å². The Morgan fingerprint density at radius 2 is 1.95 bits per heavy atom. The van der Waals surface area contributed by atoms with E-state index in [9.17, 15) is 13.8 Å². The maximum absolute atomic E-state index is 11.9. The molecular weight excluding hydrogens is 310 g/mol. The first kappa shape index (κ1) is 17.1. The van der Waals surface area contributed by atoms with Crippen molar-refractivity contribution in [2.75, 3.05) is 6.54 Å². The third-order valence-electron chi connectivity index (χ3n) is 4.87. The van der Waals surface area contributed by atoms with Crippen LogP contribution in [0.25, 0.3) is 0 Å². The summed E-state index contributed by atoms with van der Waals surface area (Å²) in [5.74, 6) is -0.922. The maximum Gasteiger partial charge on any atom is 0.325 e. The molecule has 0 spiro atoms. The second-order valence-electron chi connectivity index (χ2n) is 6.27. The average molecular weight is 331 g/mol. The highest BCUT2D eigenvalue weighted by atomic mass is 32.2. The lowest BCUT2D eigenvalue weighted by molar-refractivity contribution is -0.156. The molecule has 2 aliphatic rings. The number of rotatable bonds is 6. The second-order valence-corrected chi connectivity index (χ2v) is 6.89. The van der Waals surface area contributed by atoms with Gasteiger partial charge in [-0.25, -0.2) is 0 Å². The highest BCUT2D eigenvalue weighted by molar-refractivity contribution is 7.74. The summed E-state index contributed by atoms with van der Waals surface area (Å²) in [4.78, 5) is 22.9. The van der Waals surface area contributed by atoms with Gasteiger partial charge in [-0.3, -0.25) is 18.3 Å². The molecule has 0 radical (unpaired) electrons. The Morgan fingerprint density at radius 3 is 2.50 bits per heavy atom. The second kappa shape index (κ2) is 6.47. The van der Waals surface area contributed by atoms with Gasteiger partial charge in [0.15, 0.2) is 0 Å². The molecule has 0 aliphatic heterocycles. The molecule has 7 nitrogen and oxygen atoms in total. The van der Waals surface area contributed by atoms with Crippen LogP contribution in [0.5, 0.6) is 0 Å². The van der Waals surface area contributed by atoms with Crippen LogP contribution >= 0.6 is 0 Å². The molecule has 1 amide bonds. The van der Waals surface area contributed by atoms with Crippen LogP contribution in [-0.2, 0) is 29.9 Å². The molecule has 5 unspecified atom stereocenters. The van der Waals surface area contributed by atoms with Gasteiger partial charge in [0.1, 0.15) is 18.8 Å². The van der Waals surface area contributed by atoms with Gasteiger partial charge >= 0.3 is 17.3 Å². The number of amides is 1. The van der Waals surface area contributed by atoms with E-state index in [0.717, 1.165) is 18.9 Å². The molecule has 0 aromatic carbocycles. The van der Waals surface area contributed by atoms with E-state index in [2.05, 4.69) is 25.7 Å². The summed E-state index contributed by atoms with van der Waals surface area (Å²) in [5, 5.41) is 2.34. The van der Waals surface area contributed by atoms with Gasteiger partial charge in [0.25, 0.3) is 0 Å². The van der Waals surface area contributed by atoms with Crippen molar-refractivity contribution < 1.29 is 27.3 Å². The van der Waals surface area contributed by atoms with Crippen LogP contribution in [0.2, 0.25) is 0 Å². The monoisotopic (exact) mass is 331 g/mol. The van der Waals surface area contributed by atoms with Gasteiger partial charge in [0.2, 0.25) is 5.91 Å². The first-order chi connectivity index (χ1) is 10.3. The molecule has 0 heterocycles. The minimum Gasteiger partial charge on any atom is -0.458 e. The Labute approximate surface area is 131 Å². The molecule has 2 saturated carbocycles. The van der Waals surface area contributed by atoms with Crippen molar-refractivity contribution in [1.82, 2.24) is 5.32 Å². The van der Waals surface area contributed by atoms with Crippen LogP contribution in [0.3, 0.4) is 0 Å². The standard InChI is InChI=1S/C14H21NO6S/c1-4-10(16)15-7-11(17)20-12-8-5-6-9(14(8,2)3)13(12)21-22(18)19/h4,8-9,12-13H,1,5-7H2,2-3H3,(H,15,16)(H,18,19). The number of hydrogen-bond acceptors (Lipinski definition) is 5. The van der Waals surface area contributed by atoms with Crippen molar-refractivity contribution in [1.29, 1.82) is 0 Å². The zero-order valence-electron chi connectivity index (χ0n) is 12.6. The van der Waals surface area contributed by atoms with Crippen molar-refractivity contribution in [3.63, 3.8) is 0 Å². The van der Waals surface area contributed by atoms with E-state index >= 15 is 0 Å². The highest BCUT2D eigenvalue weighted by Crippen LogP contribution is 2.59. The number of esters is 1. The number of carbonyl (C=O) groups excluding carboxylic acids is 2. The maximum atomic E-state index is 11.9. The van der Waals surface area contributed by atoms with Gasteiger partial charge < -0.3 is 10.1 Å². The fourth-order valence-corrected chi connectivity index (χ4v) is 4.24. The van der Waals surface area contributed by atoms with E-state index in [1.807, 2.05) is 0 Å². The summed E-state index contributed by atoms with van der Waals surface area (Å²) in [6.45, 7) is 7.13. The van der Waals surface area contributed by atoms with E-state index in [1.54, 1.807) is 0 Å². The zero-order chi connectivity index (χ0) is 16.5. The van der Waals surface area contributed by atoms with Gasteiger partial charge in [-0.2, -0.15) is 4.21 Å². The van der Waals surface area contributed by atoms with E-state index < -0.39 is 35.4 Å². The topological polar surface area (TPSA) is 102 Å². The molecule has 0 aromatic rings. The number of carbonyl (C=O) groups is 2. The fraction of sp³-hybridized carbons (Fsp3) is 0.714. The molecule has 8 heteroatoms. The third-order valence-corrected chi connectivity index (χ3v) is 5.26. The fourth-order valence-electron chi connectivity index (χ4n) is 3.80. The molecule has 2 aliphatic carbocycles. The summed E-state index contributed by atoms with van der Waals surface area (Å²) in [6.07, 6.45) is 1.65. The lowest BCUT2D eigenvalue weighted by Crippen LogP contribution is -2.41. The number of hydrogen-bond donors (Lipinski definition) is 2. The summed E-state index contributed by atoms with van der Waals surface area (Å²) in [7, 11) is 0. The van der Waals surface area contributed by atoms with E-state index in [4.69, 9.17) is 13.5 Å². The Kier molecular flexibility index (Phi) is 5.03. The molecule has 5 atom stereocenters. The number of ether oxygens (including phenoxy) is 1. The lowest BCUT2D eigenvalue weighted by Gasteiger charge is -2.28. The van der Waals surface area contributed by atoms with Gasteiger partial charge in [0, 0.05) is 5.92 Å². The normalized spacial score (nSPS) is 33.2. The predicted octanol–water partition coefficient (Wildman–Crippen LogP) is 0.788. The summed E-state index contributed by atoms with van der Waals surface area (Å²) < 4.78 is 30.5. The SMILES string of the molecule is C=CC(=O)NCC(=O)OC1C(OS(=O)O)C2CCC1C2(C)C. The Hall–Kier alpha value is -1.25. The molecule has 2 N–H and O–H groups in total. The molecule has 2 bridgehead atoms. The van der Waals surface area contributed by atoms with Crippen LogP contribution < -0.4 is 5.32 Å². The van der Waals surface area contributed by atoms with Crippen molar-refractivity contribution >= 4 is 23.2 Å². The zero-order valence-corrected chi connectivity index (χ0v) is 13.4. The number of fused-ring (bicyclic) bond motifs is 2. The van der Waals surface area contributed by atoms with E-state index in [0.29, 0.717) is 0 Å². The third kappa shape index (κ3) is 3.23. The van der Waals surface area contributed by atoms with Crippen molar-refractivity contribution in [3.8, 4) is 0 Å². The molecule has 0 aromatic heterocycles. The summed E-state index contributed by atoms with van der Waals surface area (Å²) >= 11 is -2.41. The smallest absolute Gasteiger partial charge is 0.325 e. The summed E-state index contributed by atoms with van der Waals surface area (Å²) in [5.41, 5.74) is -0.126. The summed E-state index contributed by atoms with van der Waals surface area (Å²) in [6, 6.07) is 0. The van der Waals surface area contributed by atoms with Crippen LogP contribution in [0.1, 0.15) is 26.7 Å². The first-order valence-corrected chi connectivity index (χ1v) is 8.18. The lowest BCUT2D eigenvalue weighted by atomic mass is 9.82. The Balaban J connectivity index is 2.04. The Morgan fingerprint density at radius 1 is 1.36 bits per heavy atom. The Bertz CT molecular complexity index is 506. The van der Waals surface area contributed by atoms with Crippen LogP contribution in [0.4, 0.5) is 0 Å². The van der Waals surface area contributed by atoms with Crippen molar-refractivity contribution in [2.45, 2.75) is 38.9 Å². The molecule has 2 rings (SSSR count). The molecule has 2 fully saturated rings. The number of nitrogens with one attached hydrogen (secondary N) is 1. The first-order valence-electron chi connectivity index (χ1n) is 7.15. The van der Waals surface area contributed by atoms with Gasteiger partial charge in [-0.05, 0) is 30.3 Å². The molecule has 0 saturated heterocycles. The van der Waals surface area contributed by atoms with Gasteiger partial charge in [-0.1, -0.05) is 20.4 Å². The van der Waals surface area contributed by atoms with Gasteiger partial charge in [0.05, 0.1) is 0 Å². The van der Waals surface area contributed by atoms with E-state index in [-0.39, 0.29) is 23.8 Å². The minimum atomic E-state index is -2.41. The van der Waals surface area contributed by atoms with Crippen molar-refractivity contribution in [3.05, 3.63) is 12.7 Å². The quantitative estimate of drug-likeness (QED) is 0.424. The predicted molar refractivity (Wildman–Crippen MR) is 78.7 cm³/mol. The molecular formula is C14H21NO6S.